The SMILES string of the molecule is Cc1cc(S(=O)(=O)Cl)cc(C#N)c1I. The van der Waals surface area contributed by atoms with E-state index < -0.39 is 9.05 Å². The number of hydrogen-bond donors (Lipinski definition) is 0. The zero-order chi connectivity index (χ0) is 10.9. The molecule has 0 spiro atoms. The lowest BCUT2D eigenvalue weighted by molar-refractivity contribution is 0.609. The summed E-state index contributed by atoms with van der Waals surface area (Å²) in [4.78, 5) is -0.0337. The summed E-state index contributed by atoms with van der Waals surface area (Å²) in [5, 5.41) is 8.74. The quantitative estimate of drug-likeness (QED) is 0.582. The Labute approximate surface area is 100 Å². The van der Waals surface area contributed by atoms with E-state index in [2.05, 4.69) is 0 Å². The highest BCUT2D eigenvalue weighted by Gasteiger charge is 2.14. The summed E-state index contributed by atoms with van der Waals surface area (Å²) in [6.07, 6.45) is 0. The molecule has 1 rings (SSSR count). The summed E-state index contributed by atoms with van der Waals surface area (Å²) in [6, 6.07) is 4.64. The normalized spacial score (nSPS) is 11.0. The van der Waals surface area contributed by atoms with Gasteiger partial charge in [0.1, 0.15) is 6.07 Å². The van der Waals surface area contributed by atoms with E-state index in [1.54, 1.807) is 6.92 Å². The molecule has 0 bridgehead atoms. The average Bonchev–Trinajstić information content (AvgIpc) is 2.07. The molecule has 0 fully saturated rings. The van der Waals surface area contributed by atoms with E-state index in [9.17, 15) is 8.42 Å². The third-order valence-electron chi connectivity index (χ3n) is 1.63. The van der Waals surface area contributed by atoms with Crippen molar-refractivity contribution < 1.29 is 8.42 Å². The number of benzene rings is 1. The summed E-state index contributed by atoms with van der Waals surface area (Å²) in [5.41, 5.74) is 1.05. The van der Waals surface area contributed by atoms with Gasteiger partial charge in [-0.15, -0.1) is 0 Å². The molecule has 0 atom stereocenters. The zero-order valence-electron chi connectivity index (χ0n) is 7.08. The lowest BCUT2D eigenvalue weighted by Gasteiger charge is -2.03. The third kappa shape index (κ3) is 2.38. The van der Waals surface area contributed by atoms with Crippen LogP contribution in [0, 0.1) is 21.8 Å². The van der Waals surface area contributed by atoms with Crippen LogP contribution in [0.15, 0.2) is 17.0 Å². The lowest BCUT2D eigenvalue weighted by atomic mass is 10.2. The molecule has 0 N–H and O–H groups in total. The number of halogens is 2. The number of aryl methyl sites for hydroxylation is 1. The maximum atomic E-state index is 11.0. The molecule has 0 aromatic heterocycles. The minimum absolute atomic E-state index is 0.0337. The standard InChI is InChI=1S/C8H5ClINO2S/c1-5-2-7(14(9,12)13)3-6(4-11)8(5)10/h2-3H,1H3. The Balaban J connectivity index is 3.56. The molecular weight excluding hydrogens is 337 g/mol. The van der Waals surface area contributed by atoms with Crippen molar-refractivity contribution in [2.45, 2.75) is 11.8 Å². The van der Waals surface area contributed by atoms with E-state index >= 15 is 0 Å². The van der Waals surface area contributed by atoms with E-state index in [4.69, 9.17) is 15.9 Å². The van der Waals surface area contributed by atoms with Gasteiger partial charge in [-0.2, -0.15) is 5.26 Å². The van der Waals surface area contributed by atoms with Gasteiger partial charge in [-0.1, -0.05) is 0 Å². The second-order valence-corrected chi connectivity index (χ2v) is 6.30. The largest absolute Gasteiger partial charge is 0.261 e. The van der Waals surface area contributed by atoms with Gasteiger partial charge in [0.2, 0.25) is 0 Å². The number of nitrogens with zero attached hydrogens (tertiary/aromatic N) is 1. The van der Waals surface area contributed by atoms with Crippen molar-refractivity contribution in [3.8, 4) is 6.07 Å². The molecule has 14 heavy (non-hydrogen) atoms. The van der Waals surface area contributed by atoms with Crippen LogP contribution in [-0.4, -0.2) is 8.42 Å². The second-order valence-electron chi connectivity index (χ2n) is 2.65. The Bertz CT molecular complexity index is 519. The van der Waals surface area contributed by atoms with Gasteiger partial charge in [-0.25, -0.2) is 8.42 Å². The van der Waals surface area contributed by atoms with Crippen molar-refractivity contribution >= 4 is 42.3 Å². The maximum absolute atomic E-state index is 11.0. The van der Waals surface area contributed by atoms with Crippen molar-refractivity contribution in [2.75, 3.05) is 0 Å². The van der Waals surface area contributed by atoms with E-state index in [1.165, 1.54) is 12.1 Å². The Hall–Kier alpha value is -0.320. The second kappa shape index (κ2) is 4.04. The first-order valence-corrected chi connectivity index (χ1v) is 6.90. The van der Waals surface area contributed by atoms with Gasteiger partial charge in [0.25, 0.3) is 9.05 Å². The summed E-state index contributed by atoms with van der Waals surface area (Å²) in [5.74, 6) is 0. The first kappa shape index (κ1) is 11.8. The van der Waals surface area contributed by atoms with Crippen LogP contribution in [0.1, 0.15) is 11.1 Å². The van der Waals surface area contributed by atoms with E-state index in [-0.39, 0.29) is 4.90 Å². The highest BCUT2D eigenvalue weighted by molar-refractivity contribution is 14.1. The van der Waals surface area contributed by atoms with Gasteiger partial charge >= 0.3 is 0 Å². The van der Waals surface area contributed by atoms with E-state index in [0.29, 0.717) is 5.56 Å². The summed E-state index contributed by atoms with van der Waals surface area (Å²) < 4.78 is 22.8. The number of hydrogen-bond acceptors (Lipinski definition) is 3. The maximum Gasteiger partial charge on any atom is 0.261 e. The predicted octanol–water partition coefficient (Wildman–Crippen LogP) is 2.40. The van der Waals surface area contributed by atoms with Crippen LogP contribution in [0.2, 0.25) is 0 Å². The fraction of sp³-hybridized carbons (Fsp3) is 0.125. The predicted molar refractivity (Wildman–Crippen MR) is 61.6 cm³/mol. The topological polar surface area (TPSA) is 57.9 Å². The van der Waals surface area contributed by atoms with Crippen LogP contribution in [-0.2, 0) is 9.05 Å². The fourth-order valence-corrected chi connectivity index (χ4v) is 2.23. The minimum Gasteiger partial charge on any atom is -0.207 e. The molecule has 0 aliphatic heterocycles. The third-order valence-corrected chi connectivity index (χ3v) is 4.40. The molecule has 0 aliphatic rings. The van der Waals surface area contributed by atoms with Gasteiger partial charge in [0, 0.05) is 14.3 Å². The Morgan fingerprint density at radius 2 is 2.07 bits per heavy atom. The average molecular weight is 342 g/mol. The summed E-state index contributed by atoms with van der Waals surface area (Å²) >= 11 is 1.99. The van der Waals surface area contributed by atoms with Crippen LogP contribution < -0.4 is 0 Å². The van der Waals surface area contributed by atoms with E-state index in [0.717, 1.165) is 9.13 Å². The molecule has 0 unspecified atom stereocenters. The van der Waals surface area contributed by atoms with Crippen LogP contribution in [0.4, 0.5) is 0 Å². The monoisotopic (exact) mass is 341 g/mol. The van der Waals surface area contributed by atoms with Crippen LogP contribution in [0.25, 0.3) is 0 Å². The Kier molecular flexibility index (Phi) is 3.40. The Morgan fingerprint density at radius 1 is 1.50 bits per heavy atom. The van der Waals surface area contributed by atoms with Gasteiger partial charge < -0.3 is 0 Å². The molecule has 1 aromatic rings. The van der Waals surface area contributed by atoms with Gasteiger partial charge in [-0.3, -0.25) is 0 Å². The zero-order valence-corrected chi connectivity index (χ0v) is 10.8. The van der Waals surface area contributed by atoms with Crippen LogP contribution in [0.5, 0.6) is 0 Å². The van der Waals surface area contributed by atoms with Gasteiger partial charge in [-0.05, 0) is 47.2 Å². The molecule has 74 valence electrons. The highest BCUT2D eigenvalue weighted by Crippen LogP contribution is 2.23. The lowest BCUT2D eigenvalue weighted by Crippen LogP contribution is -1.95. The number of rotatable bonds is 1. The van der Waals surface area contributed by atoms with Crippen LogP contribution in [0.3, 0.4) is 0 Å². The Morgan fingerprint density at radius 3 is 2.50 bits per heavy atom. The van der Waals surface area contributed by atoms with Crippen molar-refractivity contribution in [2.24, 2.45) is 0 Å². The van der Waals surface area contributed by atoms with Crippen molar-refractivity contribution in [1.82, 2.24) is 0 Å². The molecule has 0 heterocycles. The molecule has 3 nitrogen and oxygen atoms in total. The molecule has 0 radical (unpaired) electrons. The molecule has 1 aromatic carbocycles. The van der Waals surface area contributed by atoms with Crippen molar-refractivity contribution in [3.63, 3.8) is 0 Å². The molecule has 6 heteroatoms. The molecule has 0 saturated heterocycles. The molecule has 0 saturated carbocycles. The van der Waals surface area contributed by atoms with Crippen LogP contribution >= 0.6 is 33.3 Å². The summed E-state index contributed by atoms with van der Waals surface area (Å²) in [6.45, 7) is 1.73. The molecule has 0 amide bonds. The van der Waals surface area contributed by atoms with Gasteiger partial charge in [0.05, 0.1) is 10.5 Å². The summed E-state index contributed by atoms with van der Waals surface area (Å²) in [7, 11) is 1.42. The minimum atomic E-state index is -3.76. The van der Waals surface area contributed by atoms with Crippen molar-refractivity contribution in [3.05, 3.63) is 26.8 Å². The number of nitriles is 1. The first-order valence-electron chi connectivity index (χ1n) is 3.51. The van der Waals surface area contributed by atoms with Crippen molar-refractivity contribution in [1.29, 1.82) is 5.26 Å². The van der Waals surface area contributed by atoms with Gasteiger partial charge in [0.15, 0.2) is 0 Å². The highest BCUT2D eigenvalue weighted by atomic mass is 127. The molecule has 0 aliphatic carbocycles. The fourth-order valence-electron chi connectivity index (χ4n) is 0.959. The first-order chi connectivity index (χ1) is 6.36. The molecular formula is C8H5ClINO2S. The van der Waals surface area contributed by atoms with E-state index in [1.807, 2.05) is 28.7 Å². The smallest absolute Gasteiger partial charge is 0.207 e.